The number of aromatic nitrogens is 2. The lowest BCUT2D eigenvalue weighted by atomic mass is 9.75. The number of fused-ring (bicyclic) bond motifs is 2. The molecule has 3 heterocycles. The van der Waals surface area contributed by atoms with Crippen molar-refractivity contribution >= 4 is 0 Å². The summed E-state index contributed by atoms with van der Waals surface area (Å²) in [5.41, 5.74) is 0.793. The number of hydrogen-bond acceptors (Lipinski definition) is 4. The van der Waals surface area contributed by atoms with Gasteiger partial charge >= 0.3 is 0 Å². The molecule has 4 nitrogen and oxygen atoms in total. The third-order valence-electron chi connectivity index (χ3n) is 4.81. The quantitative estimate of drug-likeness (QED) is 0.837. The van der Waals surface area contributed by atoms with Gasteiger partial charge in [0.15, 0.2) is 0 Å². The van der Waals surface area contributed by atoms with Gasteiger partial charge in [-0.05, 0) is 37.8 Å². The van der Waals surface area contributed by atoms with Gasteiger partial charge in [-0.1, -0.05) is 13.8 Å². The Kier molecular flexibility index (Phi) is 3.10. The Morgan fingerprint density at radius 2 is 2.32 bits per heavy atom. The highest BCUT2D eigenvalue weighted by atomic mass is 16.6. The van der Waals surface area contributed by atoms with Crippen molar-refractivity contribution in [3.8, 4) is 0 Å². The molecule has 2 aliphatic rings. The molecule has 3 rings (SSSR count). The Morgan fingerprint density at radius 1 is 1.47 bits per heavy atom. The third kappa shape index (κ3) is 2.17. The molecule has 0 N–H and O–H groups in total. The van der Waals surface area contributed by atoms with Crippen LogP contribution in [0.4, 0.5) is 0 Å². The predicted molar refractivity (Wildman–Crippen MR) is 71.5 cm³/mol. The Bertz CT molecular complexity index is 451. The lowest BCUT2D eigenvalue weighted by Gasteiger charge is -2.31. The molecule has 19 heavy (non-hydrogen) atoms. The molecule has 0 saturated carbocycles. The molecule has 0 radical (unpaired) electrons. The first-order chi connectivity index (χ1) is 9.04. The Labute approximate surface area is 114 Å². The topological polar surface area (TPSA) is 44.2 Å². The molecule has 0 amide bonds. The van der Waals surface area contributed by atoms with Gasteiger partial charge in [0, 0.05) is 12.6 Å². The molecule has 2 aliphatic heterocycles. The van der Waals surface area contributed by atoms with Gasteiger partial charge in [-0.3, -0.25) is 0 Å². The van der Waals surface area contributed by atoms with Crippen molar-refractivity contribution in [3.05, 3.63) is 24.0 Å². The zero-order valence-electron chi connectivity index (χ0n) is 11.9. The van der Waals surface area contributed by atoms with Gasteiger partial charge in [0.2, 0.25) is 0 Å². The highest BCUT2D eigenvalue weighted by Crippen LogP contribution is 2.55. The zero-order valence-corrected chi connectivity index (χ0v) is 11.9. The van der Waals surface area contributed by atoms with Crippen LogP contribution in [0.15, 0.2) is 18.3 Å². The Balaban J connectivity index is 1.67. The van der Waals surface area contributed by atoms with E-state index in [-0.39, 0.29) is 17.3 Å². The summed E-state index contributed by atoms with van der Waals surface area (Å²) in [5, 5.41) is 7.94. The average molecular weight is 262 g/mol. The largest absolute Gasteiger partial charge is 0.369 e. The van der Waals surface area contributed by atoms with Gasteiger partial charge in [-0.2, -0.15) is 10.2 Å². The second-order valence-electron chi connectivity index (χ2n) is 6.35. The molecule has 0 spiro atoms. The fourth-order valence-corrected chi connectivity index (χ4v) is 3.40. The van der Waals surface area contributed by atoms with Crippen molar-refractivity contribution in [3.63, 3.8) is 0 Å². The fraction of sp³-hybridized carbons (Fsp3) is 0.733. The van der Waals surface area contributed by atoms with Crippen LogP contribution in [0.3, 0.4) is 0 Å². The SMILES string of the molecule is CC(C)C12CCC(C)(O1)C(OCc1cccnn1)C2. The second kappa shape index (κ2) is 4.53. The Hall–Kier alpha value is -1.00. The van der Waals surface area contributed by atoms with Crippen molar-refractivity contribution in [1.82, 2.24) is 10.2 Å². The van der Waals surface area contributed by atoms with Crippen molar-refractivity contribution in [2.24, 2.45) is 5.92 Å². The maximum absolute atomic E-state index is 6.35. The van der Waals surface area contributed by atoms with Crippen LogP contribution in [0.1, 0.15) is 45.7 Å². The second-order valence-corrected chi connectivity index (χ2v) is 6.35. The van der Waals surface area contributed by atoms with E-state index in [4.69, 9.17) is 9.47 Å². The van der Waals surface area contributed by atoms with Crippen molar-refractivity contribution in [2.75, 3.05) is 0 Å². The van der Waals surface area contributed by atoms with E-state index in [0.717, 1.165) is 25.0 Å². The molecular formula is C15H22N2O2. The number of ether oxygens (including phenoxy) is 2. The summed E-state index contributed by atoms with van der Waals surface area (Å²) in [6.07, 6.45) is 5.11. The summed E-state index contributed by atoms with van der Waals surface area (Å²) >= 11 is 0. The highest BCUT2D eigenvalue weighted by molar-refractivity contribution is 5.10. The van der Waals surface area contributed by atoms with Gasteiger partial charge in [-0.15, -0.1) is 0 Å². The minimum absolute atomic E-state index is 0.0295. The van der Waals surface area contributed by atoms with E-state index >= 15 is 0 Å². The van der Waals surface area contributed by atoms with Crippen molar-refractivity contribution in [2.45, 2.75) is 63.9 Å². The lowest BCUT2D eigenvalue weighted by Crippen LogP contribution is -2.38. The maximum Gasteiger partial charge on any atom is 0.0925 e. The van der Waals surface area contributed by atoms with Gasteiger partial charge in [0.05, 0.1) is 29.6 Å². The average Bonchev–Trinajstić information content (AvgIpc) is 2.90. The summed E-state index contributed by atoms with van der Waals surface area (Å²) in [6.45, 7) is 7.20. The van der Waals surface area contributed by atoms with E-state index in [1.54, 1.807) is 6.20 Å². The van der Waals surface area contributed by atoms with Crippen molar-refractivity contribution in [1.29, 1.82) is 0 Å². The van der Waals surface area contributed by atoms with E-state index in [9.17, 15) is 0 Å². The molecule has 1 aromatic heterocycles. The van der Waals surface area contributed by atoms with Crippen LogP contribution in [-0.2, 0) is 16.1 Å². The molecule has 3 atom stereocenters. The van der Waals surface area contributed by atoms with Crippen LogP contribution in [0, 0.1) is 5.92 Å². The van der Waals surface area contributed by atoms with Crippen LogP contribution in [0.25, 0.3) is 0 Å². The van der Waals surface area contributed by atoms with E-state index in [1.807, 2.05) is 12.1 Å². The molecule has 104 valence electrons. The van der Waals surface area contributed by atoms with E-state index in [0.29, 0.717) is 12.5 Å². The summed E-state index contributed by atoms with van der Waals surface area (Å²) in [4.78, 5) is 0. The smallest absolute Gasteiger partial charge is 0.0925 e. The molecule has 3 unspecified atom stereocenters. The minimum Gasteiger partial charge on any atom is -0.369 e. The number of rotatable bonds is 4. The molecule has 2 bridgehead atoms. The summed E-state index contributed by atoms with van der Waals surface area (Å²) < 4.78 is 12.4. The summed E-state index contributed by atoms with van der Waals surface area (Å²) in [5.74, 6) is 0.541. The molecule has 2 saturated heterocycles. The molecular weight excluding hydrogens is 240 g/mol. The van der Waals surface area contributed by atoms with Crippen LogP contribution in [0.5, 0.6) is 0 Å². The minimum atomic E-state index is -0.119. The third-order valence-corrected chi connectivity index (χ3v) is 4.81. The van der Waals surface area contributed by atoms with E-state index in [2.05, 4.69) is 31.0 Å². The van der Waals surface area contributed by atoms with Gasteiger partial charge < -0.3 is 9.47 Å². The van der Waals surface area contributed by atoms with Crippen LogP contribution in [-0.4, -0.2) is 27.5 Å². The first kappa shape index (κ1) is 13.0. The summed E-state index contributed by atoms with van der Waals surface area (Å²) in [7, 11) is 0. The predicted octanol–water partition coefficient (Wildman–Crippen LogP) is 2.73. The van der Waals surface area contributed by atoms with Gasteiger partial charge in [0.25, 0.3) is 0 Å². The number of nitrogens with zero attached hydrogens (tertiary/aromatic N) is 2. The Morgan fingerprint density at radius 3 is 2.95 bits per heavy atom. The zero-order chi connectivity index (χ0) is 13.5. The first-order valence-electron chi connectivity index (χ1n) is 7.12. The van der Waals surface area contributed by atoms with Gasteiger partial charge in [-0.25, -0.2) is 0 Å². The highest BCUT2D eigenvalue weighted by Gasteiger charge is 2.60. The van der Waals surface area contributed by atoms with Crippen molar-refractivity contribution < 1.29 is 9.47 Å². The van der Waals surface area contributed by atoms with Gasteiger partial charge in [0.1, 0.15) is 0 Å². The standard InChI is InChI=1S/C15H22N2O2/c1-11(2)15-7-6-14(3,19-15)13(9-15)18-10-12-5-4-8-16-17-12/h4-5,8,11,13H,6-7,9-10H2,1-3H3. The molecule has 0 aromatic carbocycles. The monoisotopic (exact) mass is 262 g/mol. The molecule has 4 heteroatoms. The van der Waals surface area contributed by atoms with E-state index in [1.165, 1.54) is 0 Å². The fourth-order valence-electron chi connectivity index (χ4n) is 3.40. The number of hydrogen-bond donors (Lipinski definition) is 0. The molecule has 0 aliphatic carbocycles. The van der Waals surface area contributed by atoms with Crippen LogP contribution < -0.4 is 0 Å². The first-order valence-corrected chi connectivity index (χ1v) is 7.12. The normalized spacial score (nSPS) is 37.2. The lowest BCUT2D eigenvalue weighted by molar-refractivity contribution is -0.0963. The maximum atomic E-state index is 6.35. The molecule has 2 fully saturated rings. The molecule has 1 aromatic rings. The van der Waals surface area contributed by atoms with Crippen LogP contribution >= 0.6 is 0 Å². The van der Waals surface area contributed by atoms with E-state index < -0.39 is 0 Å². The summed E-state index contributed by atoms with van der Waals surface area (Å²) in [6, 6.07) is 3.84. The van der Waals surface area contributed by atoms with Crippen LogP contribution in [0.2, 0.25) is 0 Å².